The summed E-state index contributed by atoms with van der Waals surface area (Å²) >= 11 is 0. The predicted molar refractivity (Wildman–Crippen MR) is 237 cm³/mol. The first-order valence-corrected chi connectivity index (χ1v) is 19.1. The van der Waals surface area contributed by atoms with Gasteiger partial charge in [0.25, 0.3) is 0 Å². The number of hydrogen-bond acceptors (Lipinski definition) is 2. The molecule has 0 spiro atoms. The van der Waals surface area contributed by atoms with E-state index in [9.17, 15) is 0 Å². The van der Waals surface area contributed by atoms with Gasteiger partial charge in [-0.25, -0.2) is 9.97 Å². The molecule has 11 rings (SSSR count). The monoisotopic (exact) mass is 710 g/mol. The molecule has 2 heteroatoms. The molecule has 1 aliphatic carbocycles. The standard InChI is InChI=1S/C54H34N2/c1-34-30-40(21-19-37-18-20-38-27-29-49(55-54(38)51(34)37)36-11-3-2-4-12-36)42-23-25-43-31-41(22-24-44(43)32-42)39-13-9-14-45(33-39)53-48-28-26-35-10-5-6-15-46(35)52(48)47-16-7-8-17-50(47)56-53/h2-29,31-33H,1H3. The van der Waals surface area contributed by atoms with Crippen molar-refractivity contribution in [1.82, 2.24) is 9.97 Å². The molecule has 0 N–H and O–H groups in total. The van der Waals surface area contributed by atoms with Crippen LogP contribution in [0.25, 0.3) is 105 Å². The minimum absolute atomic E-state index is 0.977. The number of pyridine rings is 2. The van der Waals surface area contributed by atoms with E-state index in [1.165, 1.54) is 48.8 Å². The van der Waals surface area contributed by atoms with Crippen molar-refractivity contribution < 1.29 is 0 Å². The van der Waals surface area contributed by atoms with Gasteiger partial charge < -0.3 is 0 Å². The predicted octanol–water partition coefficient (Wildman–Crippen LogP) is 14.4. The van der Waals surface area contributed by atoms with Crippen LogP contribution < -0.4 is 0 Å². The number of rotatable bonds is 4. The highest BCUT2D eigenvalue weighted by Crippen LogP contribution is 2.39. The Bertz CT molecular complexity index is 3330. The topological polar surface area (TPSA) is 25.8 Å². The van der Waals surface area contributed by atoms with E-state index in [0.717, 1.165) is 66.8 Å². The van der Waals surface area contributed by atoms with Crippen LogP contribution in [0.15, 0.2) is 188 Å². The highest BCUT2D eigenvalue weighted by Gasteiger charge is 2.16. The molecule has 0 radical (unpaired) electrons. The molecule has 0 amide bonds. The number of allylic oxidation sites excluding steroid dienone is 2. The van der Waals surface area contributed by atoms with Gasteiger partial charge in [-0.15, -0.1) is 5.73 Å². The van der Waals surface area contributed by atoms with Gasteiger partial charge >= 0.3 is 0 Å². The molecule has 1 aliphatic rings. The lowest BCUT2D eigenvalue weighted by molar-refractivity contribution is 1.38. The van der Waals surface area contributed by atoms with E-state index in [4.69, 9.17) is 9.97 Å². The van der Waals surface area contributed by atoms with Crippen molar-refractivity contribution in [3.05, 3.63) is 204 Å². The van der Waals surface area contributed by atoms with Gasteiger partial charge in [0.2, 0.25) is 0 Å². The molecule has 0 saturated carbocycles. The van der Waals surface area contributed by atoms with Crippen molar-refractivity contribution in [2.75, 3.05) is 0 Å². The molecule has 0 unspecified atom stereocenters. The van der Waals surface area contributed by atoms with Crippen LogP contribution in [-0.2, 0) is 0 Å². The van der Waals surface area contributed by atoms with Crippen molar-refractivity contribution in [1.29, 1.82) is 0 Å². The lowest BCUT2D eigenvalue weighted by atomic mass is 9.93. The van der Waals surface area contributed by atoms with Crippen molar-refractivity contribution in [2.24, 2.45) is 0 Å². The van der Waals surface area contributed by atoms with E-state index < -0.39 is 0 Å². The van der Waals surface area contributed by atoms with Gasteiger partial charge in [0.15, 0.2) is 0 Å². The van der Waals surface area contributed by atoms with Gasteiger partial charge in [-0.3, -0.25) is 0 Å². The average Bonchev–Trinajstić information content (AvgIpc) is 3.44. The Morgan fingerprint density at radius 3 is 2.00 bits per heavy atom. The maximum Gasteiger partial charge on any atom is 0.0796 e. The average molecular weight is 711 g/mol. The third-order valence-electron chi connectivity index (χ3n) is 11.3. The molecule has 0 bridgehead atoms. The molecular weight excluding hydrogens is 677 g/mol. The Morgan fingerprint density at radius 2 is 1.11 bits per heavy atom. The van der Waals surface area contributed by atoms with Crippen LogP contribution in [0, 0.1) is 0 Å². The highest BCUT2D eigenvalue weighted by molar-refractivity contribution is 6.22. The summed E-state index contributed by atoms with van der Waals surface area (Å²) in [4.78, 5) is 10.4. The Morgan fingerprint density at radius 1 is 0.429 bits per heavy atom. The normalized spacial score (nSPS) is 12.6. The van der Waals surface area contributed by atoms with Gasteiger partial charge in [-0.1, -0.05) is 152 Å². The minimum Gasteiger partial charge on any atom is -0.247 e. The highest BCUT2D eigenvalue weighted by atomic mass is 14.7. The fourth-order valence-electron chi connectivity index (χ4n) is 8.54. The number of nitrogens with zero attached hydrogens (tertiary/aromatic N) is 2. The first-order valence-electron chi connectivity index (χ1n) is 19.1. The number of aromatic nitrogens is 2. The zero-order chi connectivity index (χ0) is 37.2. The molecule has 2 heterocycles. The summed E-state index contributed by atoms with van der Waals surface area (Å²) in [6.45, 7) is 2.15. The van der Waals surface area contributed by atoms with Crippen molar-refractivity contribution in [3.8, 4) is 33.6 Å². The Labute approximate surface area is 325 Å². The summed E-state index contributed by atoms with van der Waals surface area (Å²) in [6.07, 6.45) is 4.40. The van der Waals surface area contributed by atoms with Gasteiger partial charge in [-0.2, -0.15) is 0 Å². The maximum atomic E-state index is 5.26. The largest absolute Gasteiger partial charge is 0.247 e. The molecule has 2 nitrogen and oxygen atoms in total. The number of fused-ring (bicyclic) bond motifs is 9. The third kappa shape index (κ3) is 5.35. The van der Waals surface area contributed by atoms with Gasteiger partial charge in [-0.05, 0) is 87.1 Å². The summed E-state index contributed by atoms with van der Waals surface area (Å²) in [6, 6.07) is 63.0. The fraction of sp³-hybridized carbons (Fsp3) is 0.0185. The van der Waals surface area contributed by atoms with Crippen molar-refractivity contribution in [3.63, 3.8) is 0 Å². The number of para-hydroxylation sites is 1. The Kier molecular flexibility index (Phi) is 7.38. The SMILES string of the molecule is CC1=C=C(c2ccc3cc(-c4cccc(-c5nc6ccccc6c6c5ccc5ccccc56)c4)ccc3c2)C=Cc2ccc3ccc(-c4ccccc4)nc3c21. The molecule has 0 fully saturated rings. The summed E-state index contributed by atoms with van der Waals surface area (Å²) in [5.74, 6) is 0. The molecule has 10 aromatic rings. The van der Waals surface area contributed by atoms with Gasteiger partial charge in [0.1, 0.15) is 0 Å². The molecule has 0 saturated heterocycles. The summed E-state index contributed by atoms with van der Waals surface area (Å²) in [5.41, 5.74) is 17.9. The zero-order valence-electron chi connectivity index (χ0n) is 30.8. The lowest BCUT2D eigenvalue weighted by Gasteiger charge is -2.13. The number of hydrogen-bond donors (Lipinski definition) is 0. The van der Waals surface area contributed by atoms with E-state index in [0.29, 0.717) is 0 Å². The molecule has 2 aromatic heterocycles. The van der Waals surface area contributed by atoms with Crippen LogP contribution in [0.1, 0.15) is 23.6 Å². The summed E-state index contributed by atoms with van der Waals surface area (Å²) in [7, 11) is 0. The van der Waals surface area contributed by atoms with Crippen LogP contribution in [0.3, 0.4) is 0 Å². The van der Waals surface area contributed by atoms with E-state index in [2.05, 4.69) is 195 Å². The minimum atomic E-state index is 0.977. The van der Waals surface area contributed by atoms with Crippen LogP contribution in [-0.4, -0.2) is 9.97 Å². The first kappa shape index (κ1) is 32.1. The molecule has 260 valence electrons. The van der Waals surface area contributed by atoms with E-state index >= 15 is 0 Å². The molecule has 0 atom stereocenters. The van der Waals surface area contributed by atoms with Crippen LogP contribution in [0.4, 0.5) is 0 Å². The second-order valence-electron chi connectivity index (χ2n) is 14.7. The quantitative estimate of drug-likeness (QED) is 0.134. The Balaban J connectivity index is 0.968. The second kappa shape index (κ2) is 12.9. The van der Waals surface area contributed by atoms with Gasteiger partial charge in [0, 0.05) is 49.4 Å². The first-order chi connectivity index (χ1) is 27.6. The molecule has 56 heavy (non-hydrogen) atoms. The van der Waals surface area contributed by atoms with E-state index in [-0.39, 0.29) is 0 Å². The lowest BCUT2D eigenvalue weighted by Crippen LogP contribution is -1.93. The summed E-state index contributed by atoms with van der Waals surface area (Å²) < 4.78 is 0. The van der Waals surface area contributed by atoms with E-state index in [1.807, 2.05) is 6.07 Å². The Hall–Kier alpha value is -7.38. The third-order valence-corrected chi connectivity index (χ3v) is 11.3. The zero-order valence-corrected chi connectivity index (χ0v) is 30.8. The molecular formula is C54H34N2. The summed E-state index contributed by atoms with van der Waals surface area (Å²) in [5, 5.41) is 9.61. The van der Waals surface area contributed by atoms with Crippen molar-refractivity contribution >= 4 is 71.3 Å². The van der Waals surface area contributed by atoms with Crippen molar-refractivity contribution in [2.45, 2.75) is 6.92 Å². The smallest absolute Gasteiger partial charge is 0.0796 e. The molecule has 8 aromatic carbocycles. The fourth-order valence-corrected chi connectivity index (χ4v) is 8.54. The maximum absolute atomic E-state index is 5.26. The second-order valence-corrected chi connectivity index (χ2v) is 14.7. The number of benzene rings is 8. The molecule has 0 aliphatic heterocycles. The van der Waals surface area contributed by atoms with Crippen LogP contribution in [0.2, 0.25) is 0 Å². The van der Waals surface area contributed by atoms with Crippen LogP contribution >= 0.6 is 0 Å². The van der Waals surface area contributed by atoms with Crippen LogP contribution in [0.5, 0.6) is 0 Å². The van der Waals surface area contributed by atoms with Gasteiger partial charge in [0.05, 0.1) is 22.4 Å². The van der Waals surface area contributed by atoms with E-state index in [1.54, 1.807) is 0 Å².